The van der Waals surface area contributed by atoms with Crippen molar-refractivity contribution in [3.05, 3.63) is 73.2 Å². The highest BCUT2D eigenvalue weighted by molar-refractivity contribution is 7.12. The Kier molecular flexibility index (Phi) is 6.92. The number of aryl methyl sites for hydroxylation is 1. The van der Waals surface area contributed by atoms with Gasteiger partial charge in [-0.3, -0.25) is 4.79 Å². The molecule has 1 aliphatic carbocycles. The molecule has 2 aliphatic rings. The minimum Gasteiger partial charge on any atom is -0.489 e. The number of ketones is 1. The summed E-state index contributed by atoms with van der Waals surface area (Å²) in [6.07, 6.45) is 1.21. The second-order valence-electron chi connectivity index (χ2n) is 9.62. The Morgan fingerprint density at radius 3 is 2.59 bits per heavy atom. The van der Waals surface area contributed by atoms with Crippen LogP contribution in [0.3, 0.4) is 0 Å². The highest BCUT2D eigenvalue weighted by atomic mass is 35.5. The van der Waals surface area contributed by atoms with E-state index in [4.69, 9.17) is 21.1 Å². The number of esters is 1. The van der Waals surface area contributed by atoms with Gasteiger partial charge in [-0.1, -0.05) is 25.4 Å². The van der Waals surface area contributed by atoms with Crippen molar-refractivity contribution in [1.29, 1.82) is 0 Å². The monoisotopic (exact) mass is 499 g/mol. The maximum atomic E-state index is 13.4. The third kappa shape index (κ3) is 4.93. The molecule has 34 heavy (non-hydrogen) atoms. The van der Waals surface area contributed by atoms with Crippen LogP contribution in [0.15, 0.2) is 52.9 Å². The van der Waals surface area contributed by atoms with Gasteiger partial charge < -0.3 is 14.8 Å². The summed E-state index contributed by atoms with van der Waals surface area (Å²) in [6, 6.07) is 9.32. The summed E-state index contributed by atoms with van der Waals surface area (Å²) in [5.41, 5.74) is 3.78. The first-order valence-electron chi connectivity index (χ1n) is 11.5. The van der Waals surface area contributed by atoms with Crippen LogP contribution >= 0.6 is 22.9 Å². The second-order valence-corrected chi connectivity index (χ2v) is 11.3. The molecule has 1 aliphatic heterocycles. The number of ether oxygens (including phenoxy) is 2. The van der Waals surface area contributed by atoms with E-state index in [0.717, 1.165) is 38.9 Å². The van der Waals surface area contributed by atoms with Gasteiger partial charge in [0.05, 0.1) is 18.1 Å². The average molecular weight is 500 g/mol. The molecule has 0 amide bonds. The number of nitrogens with one attached hydrogen (secondary N) is 1. The van der Waals surface area contributed by atoms with E-state index in [9.17, 15) is 9.59 Å². The predicted octanol–water partition coefficient (Wildman–Crippen LogP) is 6.46. The van der Waals surface area contributed by atoms with Gasteiger partial charge in [0.15, 0.2) is 5.78 Å². The summed E-state index contributed by atoms with van der Waals surface area (Å²) in [5, 5.41) is 4.03. The lowest BCUT2D eigenvalue weighted by atomic mass is 9.70. The first-order valence-corrected chi connectivity index (χ1v) is 12.7. The highest BCUT2D eigenvalue weighted by Crippen LogP contribution is 2.48. The van der Waals surface area contributed by atoms with E-state index in [1.54, 1.807) is 30.4 Å². The topological polar surface area (TPSA) is 64.6 Å². The van der Waals surface area contributed by atoms with Gasteiger partial charge in [-0.15, -0.1) is 11.3 Å². The van der Waals surface area contributed by atoms with Gasteiger partial charge in [0, 0.05) is 43.7 Å². The molecule has 2 heterocycles. The summed E-state index contributed by atoms with van der Waals surface area (Å²) in [4.78, 5) is 28.5. The van der Waals surface area contributed by atoms with Crippen LogP contribution in [-0.4, -0.2) is 18.4 Å². The van der Waals surface area contributed by atoms with Crippen LogP contribution in [0.2, 0.25) is 5.02 Å². The molecule has 1 aromatic carbocycles. The number of thiophene rings is 1. The van der Waals surface area contributed by atoms with Crippen LogP contribution in [0, 0.1) is 12.3 Å². The number of benzene rings is 1. The Balaban J connectivity index is 1.72. The molecule has 0 unspecified atom stereocenters. The Labute approximate surface area is 209 Å². The molecule has 0 radical (unpaired) electrons. The van der Waals surface area contributed by atoms with Crippen molar-refractivity contribution in [1.82, 2.24) is 5.32 Å². The molecule has 1 atom stereocenters. The molecule has 0 fully saturated rings. The van der Waals surface area contributed by atoms with Crippen LogP contribution in [0.25, 0.3) is 0 Å². The summed E-state index contributed by atoms with van der Waals surface area (Å²) in [5.74, 6) is -0.00213. The van der Waals surface area contributed by atoms with Crippen molar-refractivity contribution >= 4 is 34.7 Å². The molecular formula is C27H30ClNO4S. The summed E-state index contributed by atoms with van der Waals surface area (Å²) < 4.78 is 11.4. The zero-order valence-electron chi connectivity index (χ0n) is 20.2. The minimum atomic E-state index is -0.438. The zero-order chi connectivity index (χ0) is 24.6. The molecule has 5 nitrogen and oxygen atoms in total. The molecule has 0 bridgehead atoms. The van der Waals surface area contributed by atoms with Crippen molar-refractivity contribution in [3.8, 4) is 5.75 Å². The van der Waals surface area contributed by atoms with Crippen molar-refractivity contribution in [3.63, 3.8) is 0 Å². The summed E-state index contributed by atoms with van der Waals surface area (Å²) in [6.45, 7) is 10.6. The van der Waals surface area contributed by atoms with Crippen LogP contribution in [0.4, 0.5) is 0 Å². The van der Waals surface area contributed by atoms with Crippen LogP contribution in [-0.2, 0) is 20.9 Å². The van der Waals surface area contributed by atoms with E-state index in [1.165, 1.54) is 0 Å². The second kappa shape index (κ2) is 9.59. The van der Waals surface area contributed by atoms with Crippen molar-refractivity contribution in [2.24, 2.45) is 5.41 Å². The molecular weight excluding hydrogens is 470 g/mol. The fraction of sp³-hybridized carbons (Fsp3) is 0.407. The molecule has 1 aromatic heterocycles. The Bertz CT molecular complexity index is 1190. The number of rotatable bonds is 6. The Hall–Kier alpha value is -2.57. The number of hydrogen-bond donors (Lipinski definition) is 1. The number of dihydropyridines is 1. The first-order chi connectivity index (χ1) is 16.1. The smallest absolute Gasteiger partial charge is 0.336 e. The third-order valence-electron chi connectivity index (χ3n) is 6.27. The fourth-order valence-electron chi connectivity index (χ4n) is 4.72. The summed E-state index contributed by atoms with van der Waals surface area (Å²) in [7, 11) is 0. The van der Waals surface area contributed by atoms with Crippen molar-refractivity contribution in [2.75, 3.05) is 6.61 Å². The fourth-order valence-corrected chi connectivity index (χ4v) is 6.01. The van der Waals surface area contributed by atoms with Crippen LogP contribution < -0.4 is 10.1 Å². The number of hydrogen-bond acceptors (Lipinski definition) is 6. The van der Waals surface area contributed by atoms with Gasteiger partial charge in [0.1, 0.15) is 12.4 Å². The highest BCUT2D eigenvalue weighted by Gasteiger charge is 2.43. The van der Waals surface area contributed by atoms with E-state index in [-0.39, 0.29) is 23.8 Å². The number of carbonyl (C=O) groups is 2. The molecule has 7 heteroatoms. The predicted molar refractivity (Wildman–Crippen MR) is 135 cm³/mol. The van der Waals surface area contributed by atoms with Gasteiger partial charge >= 0.3 is 5.97 Å². The van der Waals surface area contributed by atoms with E-state index in [0.29, 0.717) is 29.2 Å². The van der Waals surface area contributed by atoms with E-state index in [1.807, 2.05) is 26.0 Å². The lowest BCUT2D eigenvalue weighted by Crippen LogP contribution is -2.38. The van der Waals surface area contributed by atoms with E-state index in [2.05, 4.69) is 25.2 Å². The minimum absolute atomic E-state index is 0.0862. The zero-order valence-corrected chi connectivity index (χ0v) is 21.8. The average Bonchev–Trinajstić information content (AvgIpc) is 3.11. The Morgan fingerprint density at radius 2 is 1.91 bits per heavy atom. The third-order valence-corrected chi connectivity index (χ3v) is 7.68. The molecule has 2 aromatic rings. The van der Waals surface area contributed by atoms with Gasteiger partial charge in [0.2, 0.25) is 0 Å². The van der Waals surface area contributed by atoms with Gasteiger partial charge in [-0.25, -0.2) is 4.79 Å². The quantitative estimate of drug-likeness (QED) is 0.462. The largest absolute Gasteiger partial charge is 0.489 e. The molecule has 1 N–H and O–H groups in total. The first kappa shape index (κ1) is 24.6. The van der Waals surface area contributed by atoms with Gasteiger partial charge in [-0.05, 0) is 62.9 Å². The van der Waals surface area contributed by atoms with Gasteiger partial charge in [-0.2, -0.15) is 0 Å². The van der Waals surface area contributed by atoms with Gasteiger partial charge in [0.25, 0.3) is 0 Å². The molecule has 0 saturated heterocycles. The van der Waals surface area contributed by atoms with Crippen molar-refractivity contribution < 1.29 is 19.1 Å². The maximum Gasteiger partial charge on any atom is 0.336 e. The lowest BCUT2D eigenvalue weighted by molar-refractivity contribution is -0.138. The molecule has 0 saturated carbocycles. The lowest BCUT2D eigenvalue weighted by Gasteiger charge is -2.39. The number of allylic oxidation sites excluding steroid dienone is 3. The maximum absolute atomic E-state index is 13.4. The normalized spacial score (nSPS) is 19.6. The SMILES string of the molecule is CCOC(=O)C1=C(C)NC2=C(C(=O)CC(C)(C)C2)[C@H]1c1cc(COc2ccc(Cl)cc2)c(C)s1. The van der Waals surface area contributed by atoms with E-state index >= 15 is 0 Å². The standard InChI is InChI=1S/C27H30ClNO4S/c1-6-32-26(31)23-15(2)29-20-12-27(4,5)13-21(30)24(20)25(23)22-11-17(16(3)34-22)14-33-19-9-7-18(28)8-10-19/h7-11,25,29H,6,12-14H2,1-5H3/t25-/m0/s1. The van der Waals surface area contributed by atoms with Crippen LogP contribution in [0.5, 0.6) is 5.75 Å². The van der Waals surface area contributed by atoms with Crippen LogP contribution in [0.1, 0.15) is 61.8 Å². The number of carbonyl (C=O) groups excluding carboxylic acids is 2. The molecule has 0 spiro atoms. The number of halogens is 1. The summed E-state index contributed by atoms with van der Waals surface area (Å²) >= 11 is 7.57. The number of Topliss-reactive ketones (excluding diaryl/α,β-unsaturated/α-hetero) is 1. The van der Waals surface area contributed by atoms with Crippen molar-refractivity contribution in [2.45, 2.75) is 60.0 Å². The molecule has 180 valence electrons. The Morgan fingerprint density at radius 1 is 1.21 bits per heavy atom. The molecule has 4 rings (SSSR count). The van der Waals surface area contributed by atoms with E-state index < -0.39 is 5.92 Å².